The fraction of sp³-hybridized carbons (Fsp3) is 0. The third-order valence-corrected chi connectivity index (χ3v) is 0. The van der Waals surface area contributed by atoms with Crippen molar-refractivity contribution >= 4 is 0 Å². The summed E-state index contributed by atoms with van der Waals surface area (Å²) in [7, 11) is 0. The molecule has 0 spiro atoms. The van der Waals surface area contributed by atoms with Crippen LogP contribution in [0.1, 0.15) is 0 Å². The first-order valence-electron chi connectivity index (χ1n) is 3.19. The Labute approximate surface area is 145 Å². The molecular formula is H18CoN9O15. The molecule has 0 radical (unpaired) electrons. The fourth-order valence-electron chi connectivity index (χ4n) is 0. The Bertz CT molecular complexity index is 127. The molecule has 0 aromatic carbocycles. The number of rotatable bonds is 0. The van der Waals surface area contributed by atoms with Gasteiger partial charge in [0.25, 0.3) is 0 Å². The smallest absolute Gasteiger partial charge is 0.356 e. The largest absolute Gasteiger partial charge is 3.00 e. The molecule has 0 unspecified atom stereocenters. The monoisotopic (exact) mass is 443 g/mol. The Kier molecular flexibility index (Phi) is 556. The van der Waals surface area contributed by atoms with Gasteiger partial charge in [-0.05, 0) is 0 Å². The van der Waals surface area contributed by atoms with Crippen LogP contribution in [0.3, 0.4) is 0 Å². The van der Waals surface area contributed by atoms with E-state index >= 15 is 0 Å². The van der Waals surface area contributed by atoms with Crippen molar-refractivity contribution in [3.63, 3.8) is 0 Å². The summed E-state index contributed by atoms with van der Waals surface area (Å²) < 4.78 is 0. The van der Waals surface area contributed by atoms with Gasteiger partial charge in [0.2, 0.25) is 0 Å². The molecule has 0 heterocycles. The van der Waals surface area contributed by atoms with Crippen LogP contribution in [0.25, 0.3) is 0 Å². The van der Waals surface area contributed by atoms with E-state index < -0.39 is 15.3 Å². The van der Waals surface area contributed by atoms with Crippen LogP contribution < -0.4 is 35.4 Å². The molecule has 0 saturated heterocycles. The molecule has 0 aliphatic carbocycles. The first kappa shape index (κ1) is 66.4. The van der Waals surface area contributed by atoms with Crippen LogP contribution in [0.15, 0.2) is 0 Å². The Balaban J connectivity index is -0.0000000129. The minimum atomic E-state index is -1.75. The fourth-order valence-corrected chi connectivity index (χ4v) is 0. The summed E-state index contributed by atoms with van der Waals surface area (Å²) >= 11 is 0. The molecule has 18 N–H and O–H groups in total. The minimum absolute atomic E-state index is 0. The van der Waals surface area contributed by atoms with Gasteiger partial charge in [-0.2, -0.15) is 0 Å². The van der Waals surface area contributed by atoms with Gasteiger partial charge in [0.05, 0.1) is 15.3 Å². The van der Waals surface area contributed by atoms with Gasteiger partial charge >= 0.3 is 16.8 Å². The third kappa shape index (κ3) is 1480. The number of hydrogen-bond acceptors (Lipinski definition) is 21. The second kappa shape index (κ2) is 210. The molecule has 25 heteroatoms. The molecule has 0 saturated carbocycles. The zero-order chi connectivity index (χ0) is 22.7. The average molecular weight is 443 g/mol. The first-order valence-corrected chi connectivity index (χ1v) is 3.19. The van der Waals surface area contributed by atoms with Crippen molar-refractivity contribution in [1.29, 1.82) is 0 Å². The molecule has 162 valence electrons. The molecule has 0 aliphatic rings. The summed E-state index contributed by atoms with van der Waals surface area (Å²) in [5, 5.41) is 83.2. The summed E-state index contributed by atoms with van der Waals surface area (Å²) in [5.41, 5.74) is 0. The van der Waals surface area contributed by atoms with E-state index in [1.54, 1.807) is 0 Å². The van der Waals surface area contributed by atoms with Crippen LogP contribution in [-0.2, 0) is 16.8 Å². The van der Waals surface area contributed by atoms with Crippen molar-refractivity contribution in [1.82, 2.24) is 0 Å². The van der Waals surface area contributed by atoms with Crippen LogP contribution in [0.2, 0.25) is 0 Å². The van der Waals surface area contributed by atoms with Gasteiger partial charge in [0.15, 0.2) is 0 Å². The van der Waals surface area contributed by atoms with Crippen LogP contribution in [0.4, 0.5) is 0 Å². The van der Waals surface area contributed by atoms with E-state index in [1.807, 2.05) is 0 Å². The number of nitrogens with two attached hydrogens (primary N) is 6. The van der Waals surface area contributed by atoms with Gasteiger partial charge in [-0.3, -0.25) is 0 Å². The average Bonchev–Trinajstić information content (AvgIpc) is 2.57. The van der Waals surface area contributed by atoms with E-state index in [4.69, 9.17) is 77.2 Å². The van der Waals surface area contributed by atoms with Crippen LogP contribution in [0, 0.1) is 46.0 Å². The molecule has 0 amide bonds. The van der Waals surface area contributed by atoms with Gasteiger partial charge in [-0.15, -0.1) is 0 Å². The Morgan fingerprint density at radius 1 is 0.400 bits per heavy atom. The minimum Gasteiger partial charge on any atom is -0.356 e. The predicted molar refractivity (Wildman–Crippen MR) is 66.9 cm³/mol. The van der Waals surface area contributed by atoms with E-state index in [9.17, 15) is 0 Å². The van der Waals surface area contributed by atoms with Crippen molar-refractivity contribution in [2.24, 2.45) is 35.4 Å². The molecule has 0 rings (SSSR count). The molecule has 0 fully saturated rings. The van der Waals surface area contributed by atoms with Crippen molar-refractivity contribution in [2.45, 2.75) is 0 Å². The number of hydrogen-bond donors (Lipinski definition) is 12. The van der Waals surface area contributed by atoms with Gasteiger partial charge in [-0.25, -0.2) is 35.4 Å². The molecular weight excluding hydrogens is 425 g/mol. The van der Waals surface area contributed by atoms with Gasteiger partial charge in [0.1, 0.15) is 0 Å². The molecule has 0 aliphatic heterocycles. The normalized spacial score (nSPS) is 4.32. The van der Waals surface area contributed by atoms with Crippen molar-refractivity contribution in [3.8, 4) is 0 Å². The molecule has 0 atom stereocenters. The first-order chi connectivity index (χ1) is 11.2. The van der Waals surface area contributed by atoms with Crippen LogP contribution in [0.5, 0.6) is 0 Å². The Morgan fingerprint density at radius 3 is 0.400 bits per heavy atom. The van der Waals surface area contributed by atoms with Crippen molar-refractivity contribution in [2.75, 3.05) is 0 Å². The molecule has 24 nitrogen and oxygen atoms in total. The maximum atomic E-state index is 8.25. The SMILES string of the molecule is NO.NO.NO.NO.NO.NO.O=[N+]([O-])[O-].O=[N+]([O-])[O-].O=[N+]([O-])[O-].[Co+3]. The summed E-state index contributed by atoms with van der Waals surface area (Å²) in [6, 6.07) is 0. The van der Waals surface area contributed by atoms with E-state index in [1.165, 1.54) is 0 Å². The van der Waals surface area contributed by atoms with Crippen molar-refractivity contribution < 1.29 is 63.3 Å². The molecule has 0 bridgehead atoms. The van der Waals surface area contributed by atoms with E-state index in [0.29, 0.717) is 0 Å². The van der Waals surface area contributed by atoms with E-state index in [-0.39, 0.29) is 16.8 Å². The third-order valence-electron chi connectivity index (χ3n) is 0. The Hall–Kier alpha value is -2.37. The zero-order valence-corrected chi connectivity index (χ0v) is 12.5. The standard InChI is InChI=1S/Co.3NO3.6H3NO/c;3*2-1(3)4;6*1-2/h;;;;6*2H,1H2/q+3;3*-1;;;;;;. The second-order valence-electron chi connectivity index (χ2n) is 0.671. The second-order valence-corrected chi connectivity index (χ2v) is 0.671. The van der Waals surface area contributed by atoms with Gasteiger partial charge in [0, 0.05) is 0 Å². The van der Waals surface area contributed by atoms with Gasteiger partial charge < -0.3 is 77.2 Å². The zero-order valence-electron chi connectivity index (χ0n) is 11.5. The molecule has 25 heavy (non-hydrogen) atoms. The summed E-state index contributed by atoms with van der Waals surface area (Å²) in [4.78, 5) is 24.8. The van der Waals surface area contributed by atoms with Gasteiger partial charge in [-0.1, -0.05) is 0 Å². The van der Waals surface area contributed by atoms with E-state index in [0.717, 1.165) is 0 Å². The summed E-state index contributed by atoms with van der Waals surface area (Å²) in [6.45, 7) is 0. The van der Waals surface area contributed by atoms with E-state index in [2.05, 4.69) is 35.4 Å². The van der Waals surface area contributed by atoms with Crippen molar-refractivity contribution in [3.05, 3.63) is 46.0 Å². The summed E-state index contributed by atoms with van der Waals surface area (Å²) in [6.07, 6.45) is 0. The predicted octanol–water partition coefficient (Wildman–Crippen LogP) is -4.71. The van der Waals surface area contributed by atoms with Crippen LogP contribution in [-0.4, -0.2) is 46.5 Å². The maximum Gasteiger partial charge on any atom is 3.00 e. The Morgan fingerprint density at radius 2 is 0.400 bits per heavy atom. The quantitative estimate of drug-likeness (QED) is 0.123. The van der Waals surface area contributed by atoms with Crippen LogP contribution >= 0.6 is 0 Å². The molecule has 0 aromatic rings. The number of nitrogens with zero attached hydrogens (tertiary/aromatic N) is 3. The summed E-state index contributed by atoms with van der Waals surface area (Å²) in [5.74, 6) is 21.0. The molecule has 0 aromatic heterocycles. The topological polar surface area (TPSA) is 476 Å². The maximum absolute atomic E-state index is 8.25.